The van der Waals surface area contributed by atoms with Gasteiger partial charge in [0.05, 0.1) is 26.4 Å². The number of esters is 4. The number of unbranched alkanes of at least 4 members (excludes halogenated alkanes) is 55. The van der Waals surface area contributed by atoms with E-state index in [0.717, 1.165) is 95.8 Å². The average molecular weight is 1510 g/mol. The van der Waals surface area contributed by atoms with Gasteiger partial charge in [-0.3, -0.25) is 37.3 Å². The molecule has 0 rings (SSSR count). The minimum absolute atomic E-state index is 0.108. The Bertz CT molecular complexity index is 1960. The van der Waals surface area contributed by atoms with Gasteiger partial charge in [0.1, 0.15) is 19.3 Å². The molecule has 0 aliphatic rings. The van der Waals surface area contributed by atoms with Crippen molar-refractivity contribution in [1.82, 2.24) is 0 Å². The third-order valence-electron chi connectivity index (χ3n) is 20.1. The Morgan fingerprint density at radius 1 is 0.272 bits per heavy atom. The second kappa shape index (κ2) is 76.8. The van der Waals surface area contributed by atoms with Crippen LogP contribution in [-0.2, 0) is 65.4 Å². The molecule has 0 amide bonds. The van der Waals surface area contributed by atoms with Crippen molar-refractivity contribution in [1.29, 1.82) is 0 Å². The maximum Gasteiger partial charge on any atom is 0.472 e. The Kier molecular flexibility index (Phi) is 75.4. The second-order valence-electron chi connectivity index (χ2n) is 30.5. The van der Waals surface area contributed by atoms with Crippen molar-refractivity contribution in [3.05, 3.63) is 0 Å². The molecule has 0 spiro atoms. The van der Waals surface area contributed by atoms with Gasteiger partial charge in [0.25, 0.3) is 0 Å². The van der Waals surface area contributed by atoms with E-state index in [1.54, 1.807) is 0 Å². The normalized spacial score (nSPS) is 14.1. The minimum Gasteiger partial charge on any atom is -0.462 e. The molecule has 103 heavy (non-hydrogen) atoms. The van der Waals surface area contributed by atoms with Crippen molar-refractivity contribution in [2.45, 2.75) is 470 Å². The topological polar surface area (TPSA) is 237 Å². The van der Waals surface area contributed by atoms with Crippen molar-refractivity contribution in [3.63, 3.8) is 0 Å². The fourth-order valence-electron chi connectivity index (χ4n) is 13.1. The van der Waals surface area contributed by atoms with E-state index in [9.17, 15) is 43.2 Å². The molecule has 3 unspecified atom stereocenters. The molecule has 3 N–H and O–H groups in total. The monoisotopic (exact) mass is 1510 g/mol. The predicted octanol–water partition coefficient (Wildman–Crippen LogP) is 25.6. The molecule has 0 aromatic heterocycles. The molecule has 19 heteroatoms. The van der Waals surface area contributed by atoms with Crippen LogP contribution in [0.5, 0.6) is 0 Å². The molecule has 0 bridgehead atoms. The van der Waals surface area contributed by atoms with Gasteiger partial charge in [0, 0.05) is 25.7 Å². The molecule has 0 saturated heterocycles. The number of carbonyl (C=O) groups excluding carboxylic acids is 4. The van der Waals surface area contributed by atoms with Crippen LogP contribution >= 0.6 is 15.6 Å². The van der Waals surface area contributed by atoms with Gasteiger partial charge in [0.15, 0.2) is 12.2 Å². The number of ether oxygens (including phenoxy) is 4. The number of phosphoric ester groups is 2. The maximum atomic E-state index is 13.1. The molecule has 0 aliphatic carbocycles. The highest BCUT2D eigenvalue weighted by Crippen LogP contribution is 2.45. The molecule has 0 fully saturated rings. The summed E-state index contributed by atoms with van der Waals surface area (Å²) in [5, 5.41) is 10.7. The van der Waals surface area contributed by atoms with Crippen LogP contribution in [0.4, 0.5) is 0 Å². The summed E-state index contributed by atoms with van der Waals surface area (Å²) in [6, 6.07) is 0. The van der Waals surface area contributed by atoms with Crippen molar-refractivity contribution < 1.29 is 80.2 Å². The number of carbonyl (C=O) groups is 4. The maximum absolute atomic E-state index is 13.1. The summed E-state index contributed by atoms with van der Waals surface area (Å²) in [6.07, 6.45) is 69.3. The number of aliphatic hydroxyl groups is 1. The zero-order chi connectivity index (χ0) is 75.5. The molecule has 0 heterocycles. The summed E-state index contributed by atoms with van der Waals surface area (Å²) in [6.45, 7) is 7.36. The number of rotatable bonds is 84. The third-order valence-corrected chi connectivity index (χ3v) is 22.0. The Labute approximate surface area is 632 Å². The highest BCUT2D eigenvalue weighted by atomic mass is 31.2. The highest BCUT2D eigenvalue weighted by molar-refractivity contribution is 7.47. The Balaban J connectivity index is 5.25. The molecule has 0 aromatic rings. The van der Waals surface area contributed by atoms with Crippen molar-refractivity contribution in [2.24, 2.45) is 5.92 Å². The van der Waals surface area contributed by atoms with E-state index in [4.69, 9.17) is 37.0 Å². The molecule has 17 nitrogen and oxygen atoms in total. The summed E-state index contributed by atoms with van der Waals surface area (Å²) in [7, 11) is -9.92. The Morgan fingerprint density at radius 2 is 0.466 bits per heavy atom. The van der Waals surface area contributed by atoms with E-state index in [1.807, 2.05) is 0 Å². The number of phosphoric acid groups is 2. The fourth-order valence-corrected chi connectivity index (χ4v) is 14.7. The third kappa shape index (κ3) is 76.6. The molecule has 0 aromatic carbocycles. The van der Waals surface area contributed by atoms with E-state index in [0.29, 0.717) is 25.7 Å². The lowest BCUT2D eigenvalue weighted by Crippen LogP contribution is -2.30. The smallest absolute Gasteiger partial charge is 0.462 e. The minimum atomic E-state index is -4.96. The lowest BCUT2D eigenvalue weighted by molar-refractivity contribution is -0.161. The van der Waals surface area contributed by atoms with E-state index >= 15 is 0 Å². The van der Waals surface area contributed by atoms with Gasteiger partial charge in [-0.25, -0.2) is 9.13 Å². The predicted molar refractivity (Wildman–Crippen MR) is 423 cm³/mol. The molecule has 6 atom stereocenters. The number of aliphatic hydroxyl groups excluding tert-OH is 1. The second-order valence-corrected chi connectivity index (χ2v) is 33.4. The summed E-state index contributed by atoms with van der Waals surface area (Å²) in [5.41, 5.74) is 0. The Hall–Kier alpha value is -1.94. The van der Waals surface area contributed by atoms with Crippen LogP contribution in [0.25, 0.3) is 0 Å². The SMILES string of the molecule is CCCCCCCCCCCCCCCCCCCCCCC(=O)O[C@H](COC(=O)CCCCCCCCCCCCCCCCCC)COP(=O)(O)OC[C@@H](O)COP(=O)(O)OC[C@@H](COC(=O)CCCCCCCCCCC(C)CC)OC(=O)CCCCCCCCCCCCCCCCC. The van der Waals surface area contributed by atoms with Crippen LogP contribution < -0.4 is 0 Å². The number of hydrogen-bond donors (Lipinski definition) is 3. The van der Waals surface area contributed by atoms with E-state index in [2.05, 4.69) is 34.6 Å². The largest absolute Gasteiger partial charge is 0.472 e. The van der Waals surface area contributed by atoms with Gasteiger partial charge < -0.3 is 33.8 Å². The van der Waals surface area contributed by atoms with Gasteiger partial charge >= 0.3 is 39.5 Å². The molecular weight excluding hydrogens is 1340 g/mol. The van der Waals surface area contributed by atoms with Crippen molar-refractivity contribution >= 4 is 39.5 Å². The van der Waals surface area contributed by atoms with Gasteiger partial charge in [-0.15, -0.1) is 0 Å². The summed E-state index contributed by atoms with van der Waals surface area (Å²) in [5.74, 6) is -1.32. The fraction of sp³-hybridized carbons (Fsp3) is 0.952. The van der Waals surface area contributed by atoms with Crippen LogP contribution in [-0.4, -0.2) is 96.7 Å². The van der Waals surface area contributed by atoms with E-state index in [-0.39, 0.29) is 25.7 Å². The molecule has 612 valence electrons. The van der Waals surface area contributed by atoms with Gasteiger partial charge in [-0.05, 0) is 31.6 Å². The van der Waals surface area contributed by atoms with Crippen molar-refractivity contribution in [3.8, 4) is 0 Å². The van der Waals surface area contributed by atoms with E-state index < -0.39 is 97.5 Å². The van der Waals surface area contributed by atoms with Crippen LogP contribution in [0.3, 0.4) is 0 Å². The number of hydrogen-bond acceptors (Lipinski definition) is 15. The van der Waals surface area contributed by atoms with E-state index in [1.165, 1.54) is 276 Å². The highest BCUT2D eigenvalue weighted by Gasteiger charge is 2.30. The van der Waals surface area contributed by atoms with Crippen LogP contribution in [0, 0.1) is 5.92 Å². The summed E-state index contributed by atoms with van der Waals surface area (Å²) >= 11 is 0. The van der Waals surface area contributed by atoms with Gasteiger partial charge in [-0.2, -0.15) is 0 Å². The first-order chi connectivity index (χ1) is 50.1. The van der Waals surface area contributed by atoms with Gasteiger partial charge in [0.2, 0.25) is 0 Å². The first-order valence-electron chi connectivity index (χ1n) is 43.7. The quantitative estimate of drug-likeness (QED) is 0.0222. The van der Waals surface area contributed by atoms with Crippen LogP contribution in [0.2, 0.25) is 0 Å². The lowest BCUT2D eigenvalue weighted by atomic mass is 9.99. The molecule has 0 aliphatic heterocycles. The zero-order valence-corrected chi connectivity index (χ0v) is 69.3. The zero-order valence-electron chi connectivity index (χ0n) is 67.5. The first-order valence-corrected chi connectivity index (χ1v) is 46.7. The first kappa shape index (κ1) is 101. The summed E-state index contributed by atoms with van der Waals surface area (Å²) in [4.78, 5) is 73.2. The molecular formula is C84H164O17P2. The van der Waals surface area contributed by atoms with Crippen LogP contribution in [0.1, 0.15) is 452 Å². The summed E-state index contributed by atoms with van der Waals surface area (Å²) < 4.78 is 68.9. The average Bonchev–Trinajstić information content (AvgIpc) is 0.917. The van der Waals surface area contributed by atoms with Crippen LogP contribution in [0.15, 0.2) is 0 Å². The Morgan fingerprint density at radius 3 is 0.689 bits per heavy atom. The van der Waals surface area contributed by atoms with Gasteiger partial charge in [-0.1, -0.05) is 401 Å². The standard InChI is InChI=1S/C84H164O17P2/c1-6-10-13-16-19-22-25-28-31-33-34-35-36-39-42-45-48-55-60-65-70-83(88)100-79(73-94-81(86)67-62-57-52-46-43-40-38-32-29-26-23-20-17-14-11-7-2)75-98-102(90,91)96-71-78(85)72-97-103(92,93)99-76-80(74-95-82(87)68-63-58-53-50-49-51-56-61-66-77(5)9-4)101-84(89)69-64-59-54-47-44-41-37-30-27-24-21-18-15-12-8-3/h77-80,85H,6-76H2,1-5H3,(H,90,91)(H,92,93)/t77?,78-,79-,80-/m1/s1. The van der Waals surface area contributed by atoms with Crippen molar-refractivity contribution in [2.75, 3.05) is 39.6 Å². The molecule has 0 saturated carbocycles. The lowest BCUT2D eigenvalue weighted by Gasteiger charge is -2.21. The molecule has 0 radical (unpaired) electrons.